The molecule has 20 heteroatoms. The lowest BCUT2D eigenvalue weighted by atomic mass is 10.00. The van der Waals surface area contributed by atoms with E-state index < -0.39 is 109 Å². The fraction of sp³-hybridized carbons (Fsp3) is 0.600. The maximum absolute atomic E-state index is 13.5. The molecule has 1 saturated heterocycles. The van der Waals surface area contributed by atoms with Crippen LogP contribution in [0.3, 0.4) is 0 Å². The molecule has 1 aromatic carbocycles. The van der Waals surface area contributed by atoms with E-state index in [0.29, 0.717) is 12.0 Å². The van der Waals surface area contributed by atoms with Gasteiger partial charge in [0.1, 0.15) is 30.2 Å². The predicted molar refractivity (Wildman–Crippen MR) is 196 cm³/mol. The van der Waals surface area contributed by atoms with Crippen molar-refractivity contribution < 1.29 is 53.7 Å². The highest BCUT2D eigenvalue weighted by Crippen LogP contribution is 2.10. The summed E-state index contributed by atoms with van der Waals surface area (Å²) in [7, 11) is 0. The minimum atomic E-state index is -1.69. The molecule has 1 aliphatic heterocycles. The lowest BCUT2D eigenvalue weighted by molar-refractivity contribution is -0.137. The van der Waals surface area contributed by atoms with Crippen molar-refractivity contribution in [1.29, 1.82) is 0 Å². The van der Waals surface area contributed by atoms with Crippen molar-refractivity contribution in [2.24, 2.45) is 17.4 Å². The van der Waals surface area contributed by atoms with E-state index in [-0.39, 0.29) is 44.6 Å². The summed E-state index contributed by atoms with van der Waals surface area (Å²) in [5.74, 6) is -7.33. The molecule has 1 aliphatic rings. The molecule has 0 saturated carbocycles. The summed E-state index contributed by atoms with van der Waals surface area (Å²) in [6.07, 6.45) is -1.40. The van der Waals surface area contributed by atoms with Crippen LogP contribution in [-0.2, 0) is 44.8 Å². The van der Waals surface area contributed by atoms with Gasteiger partial charge in [0.15, 0.2) is 0 Å². The maximum Gasteiger partial charge on any atom is 0.245 e. The number of aliphatic hydroxyl groups is 3. The average Bonchev–Trinajstić information content (AvgIpc) is 3.13. The third kappa shape index (κ3) is 15.2. The van der Waals surface area contributed by atoms with E-state index in [1.807, 2.05) is 0 Å². The number of carbonyl (C=O) groups is 8. The minimum Gasteiger partial charge on any atom is -0.394 e. The standard InChI is InChI=1S/C35H55N9O11/c1-18(2)27(30(37)50)39-22-12-13-26(48)38-14-8-7-11-21(40-33(53)25(17-46)43-35(55)28(19(3)47)44-32(22)52)31(51)42-24(16-45)34(54)41-23(29(36)49)15-20-9-5-4-6-10-20/h4-6,9-10,18-19,21-25,27-28,39,45-47H,7-8,11-17H2,1-3H3,(H2,36,49)(H2,37,50)(H,38,48)(H,40,53)(H,41,54)(H,42,51)(H,43,55)(H,44,52)/t19-,21?,22?,23+,24+,25+,27+,28+/m1/s1. The molecule has 1 heterocycles. The second-order valence-corrected chi connectivity index (χ2v) is 13.7. The maximum atomic E-state index is 13.5. The smallest absolute Gasteiger partial charge is 0.245 e. The number of benzene rings is 1. The molecule has 2 unspecified atom stereocenters. The Morgan fingerprint density at radius 2 is 1.51 bits per heavy atom. The highest BCUT2D eigenvalue weighted by atomic mass is 16.3. The number of primary amides is 2. The summed E-state index contributed by atoms with van der Waals surface area (Å²) >= 11 is 0. The van der Waals surface area contributed by atoms with Crippen LogP contribution in [0.1, 0.15) is 58.4 Å². The molecule has 8 amide bonds. The Bertz CT molecular complexity index is 1500. The van der Waals surface area contributed by atoms with Gasteiger partial charge in [0.05, 0.1) is 31.4 Å². The Morgan fingerprint density at radius 1 is 0.836 bits per heavy atom. The molecule has 2 rings (SSSR count). The number of rotatable bonds is 14. The first-order valence-electron chi connectivity index (χ1n) is 18.1. The van der Waals surface area contributed by atoms with E-state index >= 15 is 0 Å². The van der Waals surface area contributed by atoms with Gasteiger partial charge in [-0.3, -0.25) is 43.7 Å². The van der Waals surface area contributed by atoms with Gasteiger partial charge in [0, 0.05) is 19.4 Å². The fourth-order valence-electron chi connectivity index (χ4n) is 5.64. The third-order valence-electron chi connectivity index (χ3n) is 8.84. The molecule has 14 N–H and O–H groups in total. The summed E-state index contributed by atoms with van der Waals surface area (Å²) in [4.78, 5) is 104. The topological polar surface area (TPSA) is 333 Å². The monoisotopic (exact) mass is 777 g/mol. The summed E-state index contributed by atoms with van der Waals surface area (Å²) in [6, 6.07) is -1.12. The van der Waals surface area contributed by atoms with Crippen molar-refractivity contribution in [2.45, 2.75) is 108 Å². The van der Waals surface area contributed by atoms with E-state index in [0.717, 1.165) is 0 Å². The van der Waals surface area contributed by atoms with Gasteiger partial charge in [-0.1, -0.05) is 44.2 Å². The van der Waals surface area contributed by atoms with E-state index in [9.17, 15) is 53.7 Å². The molecule has 1 aromatic rings. The van der Waals surface area contributed by atoms with Crippen LogP contribution >= 0.6 is 0 Å². The van der Waals surface area contributed by atoms with Gasteiger partial charge in [0.2, 0.25) is 47.3 Å². The second-order valence-electron chi connectivity index (χ2n) is 13.7. The molecule has 0 aliphatic carbocycles. The number of nitrogens with two attached hydrogens (primary N) is 2. The summed E-state index contributed by atoms with van der Waals surface area (Å²) in [5.41, 5.74) is 11.7. The SMILES string of the molecule is CC(C)[C@H](NC1CCC(=O)NCCCCC(C(=O)N[C@@H](CO)C(=O)N[C@@H](Cc2ccccc2)C(N)=O)NC(=O)[C@H](CO)NC(=O)[C@H]([C@@H](C)O)NC1=O)C(N)=O. The first kappa shape index (κ1) is 46.0. The summed E-state index contributed by atoms with van der Waals surface area (Å²) in [6.45, 7) is 2.80. The Labute approximate surface area is 318 Å². The van der Waals surface area contributed by atoms with E-state index in [4.69, 9.17) is 11.5 Å². The highest BCUT2D eigenvalue weighted by molar-refractivity contribution is 5.97. The van der Waals surface area contributed by atoms with Gasteiger partial charge in [-0.05, 0) is 44.1 Å². The van der Waals surface area contributed by atoms with Gasteiger partial charge >= 0.3 is 0 Å². The Balaban J connectivity index is 2.30. The van der Waals surface area contributed by atoms with Crippen molar-refractivity contribution in [2.75, 3.05) is 19.8 Å². The van der Waals surface area contributed by atoms with Gasteiger partial charge in [-0.15, -0.1) is 0 Å². The molecule has 0 aromatic heterocycles. The van der Waals surface area contributed by atoms with Crippen LogP contribution in [0, 0.1) is 5.92 Å². The first-order valence-corrected chi connectivity index (χ1v) is 18.1. The highest BCUT2D eigenvalue weighted by Gasteiger charge is 2.35. The van der Waals surface area contributed by atoms with Crippen LogP contribution in [0.2, 0.25) is 0 Å². The van der Waals surface area contributed by atoms with Crippen molar-refractivity contribution >= 4 is 47.3 Å². The first-order chi connectivity index (χ1) is 26.0. The Hall–Kier alpha value is -5.18. The third-order valence-corrected chi connectivity index (χ3v) is 8.84. The molecular formula is C35H55N9O11. The largest absolute Gasteiger partial charge is 0.394 e. The number of hydrogen-bond acceptors (Lipinski definition) is 12. The molecule has 1 fully saturated rings. The fourth-order valence-corrected chi connectivity index (χ4v) is 5.64. The van der Waals surface area contributed by atoms with E-state index in [1.54, 1.807) is 44.2 Å². The quantitative estimate of drug-likeness (QED) is 0.0846. The van der Waals surface area contributed by atoms with Crippen LogP contribution in [-0.4, -0.2) is 131 Å². The predicted octanol–water partition coefficient (Wildman–Crippen LogP) is -4.95. The number of hydrogen-bond donors (Lipinski definition) is 12. The second kappa shape index (κ2) is 22.9. The van der Waals surface area contributed by atoms with Crippen LogP contribution in [0.5, 0.6) is 0 Å². The number of nitrogens with one attached hydrogen (secondary N) is 7. The molecule has 0 spiro atoms. The van der Waals surface area contributed by atoms with Gasteiger partial charge in [0.25, 0.3) is 0 Å². The molecule has 306 valence electrons. The van der Waals surface area contributed by atoms with E-state index in [2.05, 4.69) is 37.2 Å². The molecular weight excluding hydrogens is 722 g/mol. The van der Waals surface area contributed by atoms with Crippen LogP contribution < -0.4 is 48.7 Å². The number of carbonyl (C=O) groups excluding carboxylic acids is 8. The van der Waals surface area contributed by atoms with Crippen molar-refractivity contribution in [3.05, 3.63) is 35.9 Å². The lowest BCUT2D eigenvalue weighted by Crippen LogP contribution is -2.62. The Morgan fingerprint density at radius 3 is 2.07 bits per heavy atom. The number of amides is 8. The summed E-state index contributed by atoms with van der Waals surface area (Å²) < 4.78 is 0. The molecule has 55 heavy (non-hydrogen) atoms. The van der Waals surface area contributed by atoms with Crippen LogP contribution in [0.4, 0.5) is 0 Å². The minimum absolute atomic E-state index is 0.0302. The van der Waals surface area contributed by atoms with Gasteiger partial charge < -0.3 is 58.7 Å². The zero-order valence-corrected chi connectivity index (χ0v) is 31.2. The molecule has 0 radical (unpaired) electrons. The van der Waals surface area contributed by atoms with Gasteiger partial charge in [-0.25, -0.2) is 0 Å². The molecule has 0 bridgehead atoms. The van der Waals surface area contributed by atoms with Gasteiger partial charge in [-0.2, -0.15) is 0 Å². The van der Waals surface area contributed by atoms with E-state index in [1.165, 1.54) is 6.92 Å². The normalized spacial score (nSPS) is 22.9. The van der Waals surface area contributed by atoms with Crippen LogP contribution in [0.15, 0.2) is 30.3 Å². The zero-order valence-electron chi connectivity index (χ0n) is 31.2. The number of aliphatic hydroxyl groups excluding tert-OH is 3. The average molecular weight is 778 g/mol. The zero-order chi connectivity index (χ0) is 41.2. The van der Waals surface area contributed by atoms with Crippen molar-refractivity contribution in [3.63, 3.8) is 0 Å². The van der Waals surface area contributed by atoms with Crippen molar-refractivity contribution in [3.8, 4) is 0 Å². The lowest BCUT2D eigenvalue weighted by Gasteiger charge is -2.29. The van der Waals surface area contributed by atoms with Crippen molar-refractivity contribution in [1.82, 2.24) is 37.2 Å². The van der Waals surface area contributed by atoms with Crippen LogP contribution in [0.25, 0.3) is 0 Å². The summed E-state index contributed by atoms with van der Waals surface area (Å²) in [5, 5.41) is 47.8. The molecule has 20 nitrogen and oxygen atoms in total. The molecule has 8 atom stereocenters. The Kier molecular flexibility index (Phi) is 19.1.